The summed E-state index contributed by atoms with van der Waals surface area (Å²) >= 11 is 3.58. The highest BCUT2D eigenvalue weighted by Crippen LogP contribution is 2.25. The zero-order chi connectivity index (χ0) is 14.2. The minimum atomic E-state index is -0.0702. The Morgan fingerprint density at radius 3 is 2.47 bits per heavy atom. The van der Waals surface area contributed by atoms with Crippen LogP contribution in [0.3, 0.4) is 0 Å². The average molecular weight is 323 g/mol. The van der Waals surface area contributed by atoms with Crippen molar-refractivity contribution in [2.45, 2.75) is 33.2 Å². The number of hydrogen-bond acceptors (Lipinski definition) is 3. The van der Waals surface area contributed by atoms with Gasteiger partial charge in [0.1, 0.15) is 0 Å². The van der Waals surface area contributed by atoms with E-state index >= 15 is 0 Å². The van der Waals surface area contributed by atoms with Crippen LogP contribution in [-0.4, -0.2) is 14.8 Å². The van der Waals surface area contributed by atoms with E-state index in [2.05, 4.69) is 32.1 Å². The molecule has 0 radical (unpaired) electrons. The van der Waals surface area contributed by atoms with E-state index in [4.69, 9.17) is 5.73 Å². The van der Waals surface area contributed by atoms with Crippen LogP contribution in [0.15, 0.2) is 16.6 Å². The van der Waals surface area contributed by atoms with Gasteiger partial charge in [-0.25, -0.2) is 0 Å². The summed E-state index contributed by atoms with van der Waals surface area (Å²) in [5, 5.41) is 4.39. The number of halogens is 1. The number of nitrogens with two attached hydrogens (primary N) is 1. The van der Waals surface area contributed by atoms with Crippen molar-refractivity contribution >= 4 is 15.9 Å². The van der Waals surface area contributed by atoms with Crippen molar-refractivity contribution in [1.29, 1.82) is 0 Å². The minimum Gasteiger partial charge on any atom is -0.324 e. The van der Waals surface area contributed by atoms with Crippen LogP contribution in [0.2, 0.25) is 0 Å². The standard InChI is InChI=1S/C14H19BrN4/c1-8-5-6-11(9(2)17-8)12(16)7-13-14(15)10(3)18-19(13)4/h5-6,12H,7,16H2,1-4H3. The molecule has 5 heteroatoms. The van der Waals surface area contributed by atoms with E-state index in [0.717, 1.165) is 39.2 Å². The molecule has 1 atom stereocenters. The molecule has 2 aromatic rings. The third-order valence-corrected chi connectivity index (χ3v) is 4.37. The molecule has 0 aliphatic rings. The largest absolute Gasteiger partial charge is 0.324 e. The fraction of sp³-hybridized carbons (Fsp3) is 0.429. The highest BCUT2D eigenvalue weighted by atomic mass is 79.9. The summed E-state index contributed by atoms with van der Waals surface area (Å²) in [7, 11) is 1.94. The molecule has 2 heterocycles. The van der Waals surface area contributed by atoms with Gasteiger partial charge in [0.25, 0.3) is 0 Å². The van der Waals surface area contributed by atoms with Gasteiger partial charge in [0.2, 0.25) is 0 Å². The molecule has 2 aromatic heterocycles. The number of aromatic nitrogens is 3. The van der Waals surface area contributed by atoms with Crippen molar-refractivity contribution in [1.82, 2.24) is 14.8 Å². The lowest BCUT2D eigenvalue weighted by Crippen LogP contribution is -2.17. The molecule has 19 heavy (non-hydrogen) atoms. The maximum atomic E-state index is 6.32. The lowest BCUT2D eigenvalue weighted by molar-refractivity contribution is 0.633. The zero-order valence-electron chi connectivity index (χ0n) is 11.7. The van der Waals surface area contributed by atoms with Crippen LogP contribution in [-0.2, 0) is 13.5 Å². The molecular weight excluding hydrogens is 304 g/mol. The van der Waals surface area contributed by atoms with Crippen molar-refractivity contribution in [3.63, 3.8) is 0 Å². The van der Waals surface area contributed by atoms with Gasteiger partial charge in [-0.2, -0.15) is 5.10 Å². The van der Waals surface area contributed by atoms with Gasteiger partial charge in [-0.05, 0) is 48.3 Å². The van der Waals surface area contributed by atoms with Crippen LogP contribution in [0.4, 0.5) is 0 Å². The van der Waals surface area contributed by atoms with Gasteiger partial charge in [0.05, 0.1) is 15.9 Å². The fourth-order valence-corrected chi connectivity index (χ4v) is 2.81. The van der Waals surface area contributed by atoms with Gasteiger partial charge >= 0.3 is 0 Å². The van der Waals surface area contributed by atoms with Crippen molar-refractivity contribution in [3.8, 4) is 0 Å². The molecule has 1 unspecified atom stereocenters. The molecule has 0 amide bonds. The number of rotatable bonds is 3. The molecule has 0 aromatic carbocycles. The molecular formula is C14H19BrN4. The highest BCUT2D eigenvalue weighted by molar-refractivity contribution is 9.10. The summed E-state index contributed by atoms with van der Waals surface area (Å²) < 4.78 is 2.93. The lowest BCUT2D eigenvalue weighted by atomic mass is 10.0. The van der Waals surface area contributed by atoms with E-state index < -0.39 is 0 Å². The van der Waals surface area contributed by atoms with Gasteiger partial charge in [0, 0.05) is 30.9 Å². The summed E-state index contributed by atoms with van der Waals surface area (Å²) in [5.41, 5.74) is 11.5. The Labute approximate surface area is 122 Å². The average Bonchev–Trinajstić information content (AvgIpc) is 2.56. The topological polar surface area (TPSA) is 56.7 Å². The van der Waals surface area contributed by atoms with Crippen molar-refractivity contribution in [2.24, 2.45) is 12.8 Å². The quantitative estimate of drug-likeness (QED) is 0.945. The molecule has 4 nitrogen and oxygen atoms in total. The predicted molar refractivity (Wildman–Crippen MR) is 80.0 cm³/mol. The van der Waals surface area contributed by atoms with Crippen LogP contribution in [0.25, 0.3) is 0 Å². The van der Waals surface area contributed by atoms with Crippen molar-refractivity contribution < 1.29 is 0 Å². The van der Waals surface area contributed by atoms with Crippen molar-refractivity contribution in [3.05, 3.63) is 44.9 Å². The second kappa shape index (κ2) is 5.43. The summed E-state index contributed by atoms with van der Waals surface area (Å²) in [6.45, 7) is 5.98. The summed E-state index contributed by atoms with van der Waals surface area (Å²) in [5.74, 6) is 0. The Hall–Kier alpha value is -1.20. The van der Waals surface area contributed by atoms with Crippen LogP contribution < -0.4 is 5.73 Å². The highest BCUT2D eigenvalue weighted by Gasteiger charge is 2.17. The van der Waals surface area contributed by atoms with Gasteiger partial charge in [-0.3, -0.25) is 9.67 Å². The number of nitrogens with zero attached hydrogens (tertiary/aromatic N) is 3. The first kappa shape index (κ1) is 14.2. The van der Waals surface area contributed by atoms with E-state index in [0.29, 0.717) is 0 Å². The van der Waals surface area contributed by atoms with E-state index in [1.807, 2.05) is 38.6 Å². The summed E-state index contributed by atoms with van der Waals surface area (Å²) in [6, 6.07) is 4.00. The van der Waals surface area contributed by atoms with Gasteiger partial charge in [-0.1, -0.05) is 6.07 Å². The fourth-order valence-electron chi connectivity index (χ4n) is 2.31. The van der Waals surface area contributed by atoms with E-state index in [1.54, 1.807) is 0 Å². The van der Waals surface area contributed by atoms with E-state index in [1.165, 1.54) is 0 Å². The third kappa shape index (κ3) is 2.87. The maximum Gasteiger partial charge on any atom is 0.0738 e. The van der Waals surface area contributed by atoms with Crippen LogP contribution in [0, 0.1) is 20.8 Å². The molecule has 0 aliphatic carbocycles. The second-order valence-electron chi connectivity index (χ2n) is 4.91. The Kier molecular flexibility index (Phi) is 4.06. The zero-order valence-corrected chi connectivity index (χ0v) is 13.3. The molecule has 0 fully saturated rings. The Morgan fingerprint density at radius 1 is 1.26 bits per heavy atom. The molecule has 0 bridgehead atoms. The summed E-state index contributed by atoms with van der Waals surface area (Å²) in [4.78, 5) is 4.47. The molecule has 2 N–H and O–H groups in total. The summed E-state index contributed by atoms with van der Waals surface area (Å²) in [6.07, 6.45) is 0.740. The van der Waals surface area contributed by atoms with Crippen molar-refractivity contribution in [2.75, 3.05) is 0 Å². The first-order chi connectivity index (χ1) is 8.90. The Balaban J connectivity index is 2.28. The predicted octanol–water partition coefficient (Wildman–Crippen LogP) is 2.75. The molecule has 0 aliphatic heterocycles. The molecule has 0 spiro atoms. The number of hydrogen-bond donors (Lipinski definition) is 1. The Morgan fingerprint density at radius 2 is 1.95 bits per heavy atom. The van der Waals surface area contributed by atoms with Gasteiger partial charge in [-0.15, -0.1) is 0 Å². The minimum absolute atomic E-state index is 0.0702. The Bertz CT molecular complexity index is 604. The molecule has 0 saturated heterocycles. The van der Waals surface area contributed by atoms with Gasteiger partial charge in [0.15, 0.2) is 0 Å². The first-order valence-corrected chi connectivity index (χ1v) is 7.07. The molecule has 0 saturated carbocycles. The van der Waals surface area contributed by atoms with Crippen LogP contribution >= 0.6 is 15.9 Å². The molecule has 2 rings (SSSR count). The normalized spacial score (nSPS) is 12.7. The maximum absolute atomic E-state index is 6.32. The first-order valence-electron chi connectivity index (χ1n) is 6.28. The number of pyridine rings is 1. The van der Waals surface area contributed by atoms with Crippen LogP contribution in [0.5, 0.6) is 0 Å². The number of aryl methyl sites for hydroxylation is 4. The SMILES string of the molecule is Cc1ccc(C(N)Cc2c(Br)c(C)nn2C)c(C)n1. The smallest absolute Gasteiger partial charge is 0.0738 e. The van der Waals surface area contributed by atoms with Gasteiger partial charge < -0.3 is 5.73 Å². The van der Waals surface area contributed by atoms with E-state index in [9.17, 15) is 0 Å². The molecule has 102 valence electrons. The van der Waals surface area contributed by atoms with Crippen LogP contribution in [0.1, 0.15) is 34.4 Å². The second-order valence-corrected chi connectivity index (χ2v) is 5.70. The van der Waals surface area contributed by atoms with E-state index in [-0.39, 0.29) is 6.04 Å². The lowest BCUT2D eigenvalue weighted by Gasteiger charge is -2.15. The third-order valence-electron chi connectivity index (χ3n) is 3.34. The monoisotopic (exact) mass is 322 g/mol.